The third-order valence-electron chi connectivity index (χ3n) is 4.50. The fourth-order valence-corrected chi connectivity index (χ4v) is 3.05. The Kier molecular flexibility index (Phi) is 6.74. The summed E-state index contributed by atoms with van der Waals surface area (Å²) < 4.78 is 16.8. The highest BCUT2D eigenvalue weighted by molar-refractivity contribution is 5.93. The summed E-state index contributed by atoms with van der Waals surface area (Å²) in [6, 6.07) is 7.85. The SMILES string of the molecule is CO[C@H]1[C@H](N(C)Cc2ccc(C(=O)N(C)C)cc2)COC[C@H]1OC. The van der Waals surface area contributed by atoms with E-state index in [1.807, 2.05) is 24.3 Å². The second-order valence-corrected chi connectivity index (χ2v) is 6.39. The molecule has 0 N–H and O–H groups in total. The Labute approximate surface area is 144 Å². The molecule has 2 rings (SSSR count). The van der Waals surface area contributed by atoms with Gasteiger partial charge in [0.05, 0.1) is 19.3 Å². The van der Waals surface area contributed by atoms with E-state index >= 15 is 0 Å². The van der Waals surface area contributed by atoms with Crippen molar-refractivity contribution in [1.29, 1.82) is 0 Å². The van der Waals surface area contributed by atoms with Crippen molar-refractivity contribution in [1.82, 2.24) is 9.80 Å². The molecule has 134 valence electrons. The van der Waals surface area contributed by atoms with Crippen molar-refractivity contribution < 1.29 is 19.0 Å². The van der Waals surface area contributed by atoms with Gasteiger partial charge in [-0.25, -0.2) is 0 Å². The molecule has 1 heterocycles. The average molecular weight is 336 g/mol. The van der Waals surface area contributed by atoms with E-state index in [1.54, 1.807) is 33.2 Å². The molecule has 0 radical (unpaired) electrons. The van der Waals surface area contributed by atoms with Gasteiger partial charge in [-0.05, 0) is 24.7 Å². The predicted molar refractivity (Wildman–Crippen MR) is 92.1 cm³/mol. The van der Waals surface area contributed by atoms with Crippen molar-refractivity contribution in [3.63, 3.8) is 0 Å². The highest BCUT2D eigenvalue weighted by Crippen LogP contribution is 2.20. The van der Waals surface area contributed by atoms with E-state index in [1.165, 1.54) is 0 Å². The summed E-state index contributed by atoms with van der Waals surface area (Å²) in [6.45, 7) is 1.92. The Balaban J connectivity index is 2.03. The second-order valence-electron chi connectivity index (χ2n) is 6.39. The van der Waals surface area contributed by atoms with E-state index in [2.05, 4.69) is 11.9 Å². The van der Waals surface area contributed by atoms with Crippen molar-refractivity contribution in [3.8, 4) is 0 Å². The number of nitrogens with zero attached hydrogens (tertiary/aromatic N) is 2. The lowest BCUT2D eigenvalue weighted by molar-refractivity contribution is -0.153. The molecule has 6 nitrogen and oxygen atoms in total. The minimum absolute atomic E-state index is 0.0120. The van der Waals surface area contributed by atoms with Gasteiger partial charge in [-0.3, -0.25) is 9.69 Å². The molecule has 0 aliphatic carbocycles. The molecule has 1 amide bonds. The maximum absolute atomic E-state index is 11.9. The molecule has 1 aromatic carbocycles. The molecule has 1 aromatic rings. The molecular formula is C18H28N2O4. The Morgan fingerprint density at radius 1 is 1.12 bits per heavy atom. The van der Waals surface area contributed by atoms with Crippen LogP contribution in [0.2, 0.25) is 0 Å². The normalized spacial score (nSPS) is 24.2. The van der Waals surface area contributed by atoms with Crippen LogP contribution in [0, 0.1) is 0 Å². The van der Waals surface area contributed by atoms with Crippen molar-refractivity contribution in [2.45, 2.75) is 24.8 Å². The smallest absolute Gasteiger partial charge is 0.253 e. The Morgan fingerprint density at radius 2 is 1.79 bits per heavy atom. The highest BCUT2D eigenvalue weighted by Gasteiger charge is 2.36. The summed E-state index contributed by atoms with van der Waals surface area (Å²) in [7, 11) is 8.96. The van der Waals surface area contributed by atoms with Gasteiger partial charge in [0, 0.05) is 40.4 Å². The fourth-order valence-electron chi connectivity index (χ4n) is 3.05. The van der Waals surface area contributed by atoms with Gasteiger partial charge in [0.2, 0.25) is 0 Å². The number of carbonyl (C=O) groups is 1. The van der Waals surface area contributed by atoms with Gasteiger partial charge in [0.1, 0.15) is 12.2 Å². The highest BCUT2D eigenvalue weighted by atomic mass is 16.6. The first-order valence-corrected chi connectivity index (χ1v) is 8.12. The molecule has 24 heavy (non-hydrogen) atoms. The van der Waals surface area contributed by atoms with Crippen LogP contribution in [-0.2, 0) is 20.8 Å². The topological polar surface area (TPSA) is 51.2 Å². The molecule has 0 aromatic heterocycles. The average Bonchev–Trinajstić information content (AvgIpc) is 2.60. The first kappa shape index (κ1) is 18.9. The zero-order chi connectivity index (χ0) is 17.7. The maximum Gasteiger partial charge on any atom is 0.253 e. The van der Waals surface area contributed by atoms with E-state index in [4.69, 9.17) is 14.2 Å². The third kappa shape index (κ3) is 4.33. The monoisotopic (exact) mass is 336 g/mol. The van der Waals surface area contributed by atoms with Gasteiger partial charge in [-0.1, -0.05) is 12.1 Å². The summed E-state index contributed by atoms with van der Waals surface area (Å²) in [4.78, 5) is 15.7. The van der Waals surface area contributed by atoms with E-state index in [0.717, 1.165) is 12.1 Å². The molecule has 3 atom stereocenters. The minimum Gasteiger partial charge on any atom is -0.377 e. The molecule has 6 heteroatoms. The number of hydrogen-bond acceptors (Lipinski definition) is 5. The number of hydrogen-bond donors (Lipinski definition) is 0. The largest absolute Gasteiger partial charge is 0.377 e. The van der Waals surface area contributed by atoms with Gasteiger partial charge in [-0.2, -0.15) is 0 Å². The van der Waals surface area contributed by atoms with Gasteiger partial charge in [0.15, 0.2) is 0 Å². The van der Waals surface area contributed by atoms with Crippen LogP contribution >= 0.6 is 0 Å². The van der Waals surface area contributed by atoms with E-state index < -0.39 is 0 Å². The van der Waals surface area contributed by atoms with Gasteiger partial charge in [-0.15, -0.1) is 0 Å². The van der Waals surface area contributed by atoms with Crippen molar-refractivity contribution in [3.05, 3.63) is 35.4 Å². The van der Waals surface area contributed by atoms with Crippen LogP contribution in [0.3, 0.4) is 0 Å². The van der Waals surface area contributed by atoms with Crippen molar-refractivity contribution >= 4 is 5.91 Å². The molecule has 1 aliphatic heterocycles. The first-order chi connectivity index (χ1) is 11.5. The standard InChI is InChI=1S/C18H28N2O4/c1-19(2)18(21)14-8-6-13(7-9-14)10-20(3)15-11-24-12-16(22-4)17(15)23-5/h6-9,15-17H,10-12H2,1-5H3/t15-,16-,17+/m1/s1. The maximum atomic E-state index is 11.9. The summed E-state index contributed by atoms with van der Waals surface area (Å²) in [5.74, 6) is 0.0120. The van der Waals surface area contributed by atoms with Crippen molar-refractivity contribution in [2.75, 3.05) is 48.6 Å². The van der Waals surface area contributed by atoms with Crippen LogP contribution in [0.5, 0.6) is 0 Å². The zero-order valence-electron chi connectivity index (χ0n) is 15.2. The number of amides is 1. The lowest BCUT2D eigenvalue weighted by Crippen LogP contribution is -2.56. The van der Waals surface area contributed by atoms with Gasteiger partial charge in [0.25, 0.3) is 5.91 Å². The zero-order valence-corrected chi connectivity index (χ0v) is 15.2. The van der Waals surface area contributed by atoms with Crippen LogP contribution < -0.4 is 0 Å². The number of ether oxygens (including phenoxy) is 3. The van der Waals surface area contributed by atoms with Gasteiger partial charge < -0.3 is 19.1 Å². The summed E-state index contributed by atoms with van der Waals surface area (Å²) in [6.07, 6.45) is -0.0837. The number of carbonyl (C=O) groups excluding carboxylic acids is 1. The lowest BCUT2D eigenvalue weighted by Gasteiger charge is -2.40. The van der Waals surface area contributed by atoms with E-state index in [9.17, 15) is 4.79 Å². The Bertz CT molecular complexity index is 532. The fraction of sp³-hybridized carbons (Fsp3) is 0.611. The summed E-state index contributed by atoms with van der Waals surface area (Å²) in [5, 5.41) is 0. The number of methoxy groups -OCH3 is 2. The minimum atomic E-state index is -0.0590. The first-order valence-electron chi connectivity index (χ1n) is 8.12. The molecule has 0 saturated carbocycles. The summed E-state index contributed by atoms with van der Waals surface area (Å²) in [5.41, 5.74) is 1.84. The van der Waals surface area contributed by atoms with Crippen LogP contribution in [-0.4, -0.2) is 82.5 Å². The van der Waals surface area contributed by atoms with Gasteiger partial charge >= 0.3 is 0 Å². The van der Waals surface area contributed by atoms with Crippen molar-refractivity contribution in [2.24, 2.45) is 0 Å². The quantitative estimate of drug-likeness (QED) is 0.783. The Hall–Kier alpha value is -1.47. The number of rotatable bonds is 6. The molecule has 1 fully saturated rings. The van der Waals surface area contributed by atoms with Crippen LogP contribution in [0.1, 0.15) is 15.9 Å². The third-order valence-corrected chi connectivity index (χ3v) is 4.50. The molecule has 0 bridgehead atoms. The van der Waals surface area contributed by atoms with E-state index in [0.29, 0.717) is 18.8 Å². The Morgan fingerprint density at radius 3 is 2.33 bits per heavy atom. The summed E-state index contributed by atoms with van der Waals surface area (Å²) >= 11 is 0. The lowest BCUT2D eigenvalue weighted by atomic mass is 10.0. The van der Waals surface area contributed by atoms with Crippen LogP contribution in [0.25, 0.3) is 0 Å². The molecule has 0 spiro atoms. The van der Waals surface area contributed by atoms with Crippen LogP contribution in [0.4, 0.5) is 0 Å². The van der Waals surface area contributed by atoms with E-state index in [-0.39, 0.29) is 24.2 Å². The predicted octanol–water partition coefficient (Wildman–Crippen LogP) is 1.25. The number of likely N-dealkylation sites (N-methyl/N-ethyl adjacent to an activating group) is 1. The van der Waals surface area contributed by atoms with Crippen LogP contribution in [0.15, 0.2) is 24.3 Å². The molecular weight excluding hydrogens is 308 g/mol. The molecule has 0 unspecified atom stereocenters. The second kappa shape index (κ2) is 8.58. The molecule has 1 aliphatic rings. The molecule has 1 saturated heterocycles. The number of benzene rings is 1.